The van der Waals surface area contributed by atoms with Gasteiger partial charge in [-0.25, -0.2) is 4.98 Å². The molecule has 4 nitrogen and oxygen atoms in total. The van der Waals surface area contributed by atoms with Gasteiger partial charge in [0.05, 0.1) is 17.2 Å². The topological polar surface area (TPSA) is 40.5 Å². The van der Waals surface area contributed by atoms with Gasteiger partial charge in [0.15, 0.2) is 5.96 Å². The molecule has 1 aliphatic carbocycles. The van der Waals surface area contributed by atoms with E-state index < -0.39 is 0 Å². The molecule has 0 aliphatic heterocycles. The van der Waals surface area contributed by atoms with E-state index in [4.69, 9.17) is 0 Å². The average Bonchev–Trinajstić information content (AvgIpc) is 3.02. The number of guanidine groups is 1. The van der Waals surface area contributed by atoms with Crippen molar-refractivity contribution in [2.75, 3.05) is 20.6 Å². The van der Waals surface area contributed by atoms with Gasteiger partial charge in [-0.3, -0.25) is 4.99 Å². The second-order valence-electron chi connectivity index (χ2n) is 5.29. The van der Waals surface area contributed by atoms with Crippen LogP contribution in [0.4, 0.5) is 0 Å². The summed E-state index contributed by atoms with van der Waals surface area (Å²) in [5, 5.41) is 6.73. The lowest BCUT2D eigenvalue weighted by atomic mass is 10.1. The zero-order valence-corrected chi connectivity index (χ0v) is 15.7. The molecule has 1 aliphatic rings. The van der Waals surface area contributed by atoms with Crippen molar-refractivity contribution < 1.29 is 0 Å². The third-order valence-corrected chi connectivity index (χ3v) is 4.49. The normalized spacial score (nSPS) is 16.1. The van der Waals surface area contributed by atoms with Crippen LogP contribution in [0.3, 0.4) is 0 Å². The summed E-state index contributed by atoms with van der Waals surface area (Å²) in [6, 6.07) is 0. The van der Waals surface area contributed by atoms with Crippen LogP contribution in [-0.2, 0) is 6.54 Å². The minimum atomic E-state index is 0. The minimum absolute atomic E-state index is 0. The van der Waals surface area contributed by atoms with E-state index in [1.165, 1.54) is 25.7 Å². The third-order valence-electron chi connectivity index (χ3n) is 3.66. The Morgan fingerprint density at radius 1 is 1.50 bits per heavy atom. The number of thiazole rings is 1. The predicted molar refractivity (Wildman–Crippen MR) is 97.1 cm³/mol. The van der Waals surface area contributed by atoms with E-state index in [2.05, 4.69) is 32.6 Å². The molecular formula is C14H25IN4S. The van der Waals surface area contributed by atoms with Gasteiger partial charge in [-0.1, -0.05) is 12.8 Å². The molecule has 1 N–H and O–H groups in total. The second-order valence-corrected chi connectivity index (χ2v) is 6.35. The van der Waals surface area contributed by atoms with Gasteiger partial charge in [-0.05, 0) is 25.7 Å². The van der Waals surface area contributed by atoms with Gasteiger partial charge >= 0.3 is 0 Å². The fourth-order valence-corrected chi connectivity index (χ4v) is 3.24. The molecule has 0 radical (unpaired) electrons. The monoisotopic (exact) mass is 408 g/mol. The molecule has 0 aromatic carbocycles. The summed E-state index contributed by atoms with van der Waals surface area (Å²) in [4.78, 5) is 11.0. The van der Waals surface area contributed by atoms with Crippen molar-refractivity contribution in [1.29, 1.82) is 0 Å². The van der Waals surface area contributed by atoms with Crippen LogP contribution in [0.1, 0.15) is 36.4 Å². The molecule has 0 unspecified atom stereocenters. The Bertz CT molecular complexity index is 427. The van der Waals surface area contributed by atoms with Crippen LogP contribution in [0, 0.1) is 12.8 Å². The predicted octanol–water partition coefficient (Wildman–Crippen LogP) is 3.27. The number of aryl methyl sites for hydroxylation is 1. The standard InChI is InChI=1S/C14H24N4S.HI/c1-11-17-13(10-19-11)9-18(3)14(15-2)16-8-12-6-4-5-7-12;/h10,12H,4-9H2,1-3H3,(H,15,16);1H. The SMILES string of the molecule is CN=C(NCC1CCCC1)N(C)Cc1csc(C)n1.I. The third kappa shape index (κ3) is 5.20. The first kappa shape index (κ1) is 17.7. The van der Waals surface area contributed by atoms with Gasteiger partial charge in [-0.15, -0.1) is 35.3 Å². The lowest BCUT2D eigenvalue weighted by molar-refractivity contribution is 0.452. The number of nitrogens with zero attached hydrogens (tertiary/aromatic N) is 3. The maximum absolute atomic E-state index is 4.50. The number of aliphatic imine (C=N–C) groups is 1. The summed E-state index contributed by atoms with van der Waals surface area (Å²) in [6.07, 6.45) is 5.50. The molecule has 0 atom stereocenters. The first-order valence-electron chi connectivity index (χ1n) is 7.02. The fourth-order valence-electron chi connectivity index (χ4n) is 2.63. The molecule has 1 saturated carbocycles. The molecule has 1 aromatic rings. The van der Waals surface area contributed by atoms with E-state index in [9.17, 15) is 0 Å². The van der Waals surface area contributed by atoms with E-state index in [0.29, 0.717) is 0 Å². The van der Waals surface area contributed by atoms with E-state index in [0.717, 1.165) is 35.7 Å². The Kier molecular flexibility index (Phi) is 7.79. The van der Waals surface area contributed by atoms with Crippen molar-refractivity contribution >= 4 is 41.3 Å². The van der Waals surface area contributed by atoms with Crippen LogP contribution in [-0.4, -0.2) is 36.5 Å². The summed E-state index contributed by atoms with van der Waals surface area (Å²) in [7, 11) is 3.92. The summed E-state index contributed by atoms with van der Waals surface area (Å²) >= 11 is 1.70. The molecule has 20 heavy (non-hydrogen) atoms. The summed E-state index contributed by atoms with van der Waals surface area (Å²) in [5.41, 5.74) is 1.12. The first-order chi connectivity index (χ1) is 9.19. The molecule has 1 aromatic heterocycles. The van der Waals surface area contributed by atoms with Crippen molar-refractivity contribution in [3.8, 4) is 0 Å². The summed E-state index contributed by atoms with van der Waals surface area (Å²) in [6.45, 7) is 3.91. The lowest BCUT2D eigenvalue weighted by Crippen LogP contribution is -2.40. The highest BCUT2D eigenvalue weighted by atomic mass is 127. The van der Waals surface area contributed by atoms with Crippen LogP contribution < -0.4 is 5.32 Å². The number of aromatic nitrogens is 1. The Labute approximate surface area is 143 Å². The van der Waals surface area contributed by atoms with Crippen molar-refractivity contribution in [2.45, 2.75) is 39.2 Å². The lowest BCUT2D eigenvalue weighted by Gasteiger charge is -2.22. The van der Waals surface area contributed by atoms with Gasteiger partial charge in [0.25, 0.3) is 0 Å². The smallest absolute Gasteiger partial charge is 0.193 e. The van der Waals surface area contributed by atoms with Gasteiger partial charge in [0.1, 0.15) is 0 Å². The van der Waals surface area contributed by atoms with Crippen molar-refractivity contribution in [2.24, 2.45) is 10.9 Å². The van der Waals surface area contributed by atoms with Crippen molar-refractivity contribution in [3.63, 3.8) is 0 Å². The number of rotatable bonds is 4. The molecule has 0 amide bonds. The first-order valence-corrected chi connectivity index (χ1v) is 7.90. The van der Waals surface area contributed by atoms with Crippen molar-refractivity contribution in [3.05, 3.63) is 16.1 Å². The van der Waals surface area contributed by atoms with E-state index in [1.54, 1.807) is 11.3 Å². The van der Waals surface area contributed by atoms with Crippen LogP contribution in [0.15, 0.2) is 10.4 Å². The minimum Gasteiger partial charge on any atom is -0.356 e. The number of nitrogens with one attached hydrogen (secondary N) is 1. The van der Waals surface area contributed by atoms with Crippen LogP contribution >= 0.6 is 35.3 Å². The highest BCUT2D eigenvalue weighted by Crippen LogP contribution is 2.23. The Morgan fingerprint density at radius 2 is 2.20 bits per heavy atom. The maximum atomic E-state index is 4.50. The largest absolute Gasteiger partial charge is 0.356 e. The van der Waals surface area contributed by atoms with Gasteiger partial charge < -0.3 is 10.2 Å². The zero-order valence-electron chi connectivity index (χ0n) is 12.6. The summed E-state index contributed by atoms with van der Waals surface area (Å²) in [5.74, 6) is 1.80. The second kappa shape index (κ2) is 8.81. The average molecular weight is 408 g/mol. The molecule has 0 spiro atoms. The highest BCUT2D eigenvalue weighted by molar-refractivity contribution is 14.0. The van der Waals surface area contributed by atoms with Crippen molar-refractivity contribution in [1.82, 2.24) is 15.2 Å². The fraction of sp³-hybridized carbons (Fsp3) is 0.714. The molecule has 0 saturated heterocycles. The maximum Gasteiger partial charge on any atom is 0.193 e. The number of halogens is 1. The van der Waals surface area contributed by atoms with Gasteiger partial charge in [0.2, 0.25) is 0 Å². The molecule has 114 valence electrons. The molecule has 2 rings (SSSR count). The Balaban J connectivity index is 0.00000200. The summed E-state index contributed by atoms with van der Waals surface area (Å²) < 4.78 is 0. The molecule has 1 fully saturated rings. The van der Waals surface area contributed by atoms with Crippen LogP contribution in [0.5, 0.6) is 0 Å². The van der Waals surface area contributed by atoms with E-state index in [-0.39, 0.29) is 24.0 Å². The zero-order chi connectivity index (χ0) is 13.7. The Hall–Kier alpha value is -0.370. The molecule has 1 heterocycles. The van der Waals surface area contributed by atoms with Gasteiger partial charge in [-0.2, -0.15) is 0 Å². The molecule has 6 heteroatoms. The van der Waals surface area contributed by atoms with E-state index >= 15 is 0 Å². The quantitative estimate of drug-likeness (QED) is 0.472. The Morgan fingerprint density at radius 3 is 2.75 bits per heavy atom. The molecule has 0 bridgehead atoms. The van der Waals surface area contributed by atoms with Crippen LogP contribution in [0.25, 0.3) is 0 Å². The number of hydrogen-bond donors (Lipinski definition) is 1. The van der Waals surface area contributed by atoms with Crippen LogP contribution in [0.2, 0.25) is 0 Å². The highest BCUT2D eigenvalue weighted by Gasteiger charge is 2.16. The molecular weight excluding hydrogens is 383 g/mol. The van der Waals surface area contributed by atoms with Gasteiger partial charge in [0, 0.05) is 26.0 Å². The number of hydrogen-bond acceptors (Lipinski definition) is 3. The van der Waals surface area contributed by atoms with E-state index in [1.807, 2.05) is 14.0 Å².